The molecule has 2 aliphatic rings. The van der Waals surface area contributed by atoms with Gasteiger partial charge in [-0.1, -0.05) is 0 Å². The van der Waals surface area contributed by atoms with Gasteiger partial charge >= 0.3 is 6.18 Å². The third-order valence-corrected chi connectivity index (χ3v) is 7.01. The summed E-state index contributed by atoms with van der Waals surface area (Å²) in [4.78, 5) is 15.8. The average molecular weight is 561 g/mol. The van der Waals surface area contributed by atoms with Crippen LogP contribution in [0.25, 0.3) is 0 Å². The lowest BCUT2D eigenvalue weighted by molar-refractivity contribution is -0.137. The number of phenolic OH excluding ortho intramolecular Hbond substituents is 1. The fourth-order valence-electron chi connectivity index (χ4n) is 3.68. The Hall–Kier alpha value is -2.16. The van der Waals surface area contributed by atoms with Crippen molar-refractivity contribution in [2.45, 2.75) is 25.2 Å². The van der Waals surface area contributed by atoms with Crippen molar-refractivity contribution in [1.29, 1.82) is 5.26 Å². The zero-order valence-electron chi connectivity index (χ0n) is 14.8. The van der Waals surface area contributed by atoms with Crippen LogP contribution in [0.15, 0.2) is 33.2 Å². The summed E-state index contributed by atoms with van der Waals surface area (Å²) < 4.78 is 41.0. The molecule has 11 heteroatoms. The van der Waals surface area contributed by atoms with Gasteiger partial charge in [0.2, 0.25) is 0 Å². The van der Waals surface area contributed by atoms with E-state index in [0.29, 0.717) is 8.95 Å². The highest BCUT2D eigenvalue weighted by Gasteiger charge is 2.46. The molecule has 154 valence electrons. The normalized spacial score (nSPS) is 18.3. The first-order valence-corrected chi connectivity index (χ1v) is 10.5. The van der Waals surface area contributed by atoms with Crippen LogP contribution in [0.2, 0.25) is 0 Å². The van der Waals surface area contributed by atoms with Crippen LogP contribution < -0.4 is 4.90 Å². The number of anilines is 1. The van der Waals surface area contributed by atoms with Crippen molar-refractivity contribution in [3.8, 4) is 11.8 Å². The van der Waals surface area contributed by atoms with Crippen LogP contribution in [0.1, 0.15) is 22.3 Å². The van der Waals surface area contributed by atoms with Gasteiger partial charge in [-0.25, -0.2) is 0 Å². The Morgan fingerprint density at radius 1 is 1.27 bits per heavy atom. The molecule has 0 aliphatic carbocycles. The molecule has 2 aromatic rings. The number of carbonyl (C=O) groups excluding carboxylic acids is 1. The van der Waals surface area contributed by atoms with Crippen LogP contribution in [0.4, 0.5) is 18.9 Å². The highest BCUT2D eigenvalue weighted by molar-refractivity contribution is 9.11. The SMILES string of the molecule is N#Cc1ccc(N2C(=O)C3Cc4cc(Br)c(O)c(Br)c4CN3C2=S)cc1C(F)(F)F. The zero-order valence-corrected chi connectivity index (χ0v) is 18.8. The summed E-state index contributed by atoms with van der Waals surface area (Å²) in [5.74, 6) is -0.425. The van der Waals surface area contributed by atoms with Gasteiger partial charge in [-0.15, -0.1) is 0 Å². The Balaban J connectivity index is 1.75. The topological polar surface area (TPSA) is 67.6 Å². The van der Waals surface area contributed by atoms with Gasteiger partial charge in [-0.05, 0) is 79.5 Å². The fraction of sp³-hybridized carbons (Fsp3) is 0.211. The lowest BCUT2D eigenvalue weighted by Gasteiger charge is -2.31. The molecule has 0 bridgehead atoms. The molecule has 2 aliphatic heterocycles. The average Bonchev–Trinajstić information content (AvgIpc) is 2.94. The van der Waals surface area contributed by atoms with E-state index in [1.54, 1.807) is 11.0 Å². The number of rotatable bonds is 1. The molecular formula is C19H10Br2F3N3O2S. The summed E-state index contributed by atoms with van der Waals surface area (Å²) in [6.07, 6.45) is -4.46. The number of alkyl halides is 3. The van der Waals surface area contributed by atoms with Gasteiger partial charge in [0, 0.05) is 13.0 Å². The molecule has 1 saturated heterocycles. The maximum Gasteiger partial charge on any atom is 0.417 e. The van der Waals surface area contributed by atoms with Crippen LogP contribution in [0.5, 0.6) is 5.75 Å². The Labute approximate surface area is 190 Å². The molecule has 2 heterocycles. The number of fused-ring (bicyclic) bond motifs is 2. The number of nitriles is 1. The van der Waals surface area contributed by atoms with Gasteiger partial charge in [-0.2, -0.15) is 18.4 Å². The second kappa shape index (κ2) is 7.21. The highest BCUT2D eigenvalue weighted by Crippen LogP contribution is 2.43. The monoisotopic (exact) mass is 559 g/mol. The van der Waals surface area contributed by atoms with Crippen molar-refractivity contribution < 1.29 is 23.1 Å². The van der Waals surface area contributed by atoms with E-state index in [1.807, 2.05) is 0 Å². The Kier molecular flexibility index (Phi) is 5.07. The van der Waals surface area contributed by atoms with Crippen LogP contribution in [0.3, 0.4) is 0 Å². The van der Waals surface area contributed by atoms with E-state index in [9.17, 15) is 23.1 Å². The third kappa shape index (κ3) is 3.18. The first-order valence-electron chi connectivity index (χ1n) is 8.49. The Bertz CT molecular complexity index is 1160. The summed E-state index contributed by atoms with van der Waals surface area (Å²) in [7, 11) is 0. The van der Waals surface area contributed by atoms with Crippen molar-refractivity contribution in [2.75, 3.05) is 4.90 Å². The lowest BCUT2D eigenvalue weighted by atomic mass is 9.94. The number of nitrogens with zero attached hydrogens (tertiary/aromatic N) is 3. The predicted octanol–water partition coefficient (Wildman–Crippen LogP) is 4.87. The minimum atomic E-state index is -4.75. The van der Waals surface area contributed by atoms with E-state index in [0.717, 1.165) is 28.2 Å². The first-order chi connectivity index (χ1) is 14.0. The van der Waals surface area contributed by atoms with Gasteiger partial charge in [-0.3, -0.25) is 9.69 Å². The molecule has 0 aromatic heterocycles. The molecule has 5 nitrogen and oxygen atoms in total. The number of halogens is 5. The number of hydrogen-bond acceptors (Lipinski definition) is 4. The van der Waals surface area contributed by atoms with E-state index in [-0.39, 0.29) is 29.5 Å². The minimum absolute atomic E-state index is 0.0161. The molecule has 1 N–H and O–H groups in total. The smallest absolute Gasteiger partial charge is 0.417 e. The number of thiocarbonyl (C=S) groups is 1. The fourth-order valence-corrected chi connectivity index (χ4v) is 5.41. The molecular weight excluding hydrogens is 551 g/mol. The van der Waals surface area contributed by atoms with Crippen LogP contribution >= 0.6 is 44.1 Å². The summed E-state index contributed by atoms with van der Waals surface area (Å²) in [5, 5.41) is 19.2. The number of phenols is 1. The van der Waals surface area contributed by atoms with Crippen molar-refractivity contribution in [1.82, 2.24) is 4.90 Å². The van der Waals surface area contributed by atoms with Crippen LogP contribution in [0, 0.1) is 11.3 Å². The molecule has 2 aromatic carbocycles. The summed E-state index contributed by atoms with van der Waals surface area (Å²) in [6.45, 7) is 0.213. The van der Waals surface area contributed by atoms with Gasteiger partial charge < -0.3 is 10.0 Å². The Morgan fingerprint density at radius 2 is 1.97 bits per heavy atom. The molecule has 1 atom stereocenters. The predicted molar refractivity (Wildman–Crippen MR) is 113 cm³/mol. The van der Waals surface area contributed by atoms with Gasteiger partial charge in [0.25, 0.3) is 5.91 Å². The molecule has 0 saturated carbocycles. The van der Waals surface area contributed by atoms with Crippen molar-refractivity contribution in [3.63, 3.8) is 0 Å². The number of amides is 1. The lowest BCUT2D eigenvalue weighted by Crippen LogP contribution is -2.40. The van der Waals surface area contributed by atoms with Gasteiger partial charge in [0.15, 0.2) is 5.11 Å². The van der Waals surface area contributed by atoms with Crippen LogP contribution in [-0.2, 0) is 23.9 Å². The number of hydrogen-bond donors (Lipinski definition) is 1. The third-order valence-electron chi connectivity index (χ3n) is 5.14. The van der Waals surface area contributed by atoms with Crippen molar-refractivity contribution in [2.24, 2.45) is 0 Å². The van der Waals surface area contributed by atoms with Crippen molar-refractivity contribution >= 4 is 60.8 Å². The molecule has 0 spiro atoms. The van der Waals surface area contributed by atoms with Gasteiger partial charge in [0.05, 0.1) is 31.8 Å². The summed E-state index contributed by atoms with van der Waals surface area (Å²) >= 11 is 12.0. The van der Waals surface area contributed by atoms with E-state index >= 15 is 0 Å². The quantitative estimate of drug-likeness (QED) is 0.504. The Morgan fingerprint density at radius 3 is 2.60 bits per heavy atom. The largest absolute Gasteiger partial charge is 0.506 e. The number of benzene rings is 2. The van der Waals surface area contributed by atoms with E-state index in [1.165, 1.54) is 12.1 Å². The molecule has 1 amide bonds. The van der Waals surface area contributed by atoms with Crippen molar-refractivity contribution in [3.05, 3.63) is 55.5 Å². The first kappa shape index (κ1) is 21.1. The van der Waals surface area contributed by atoms with Crippen LogP contribution in [-0.4, -0.2) is 27.1 Å². The number of aromatic hydroxyl groups is 1. The minimum Gasteiger partial charge on any atom is -0.506 e. The summed E-state index contributed by atoms with van der Waals surface area (Å²) in [6, 6.07) is 5.65. The second-order valence-electron chi connectivity index (χ2n) is 6.80. The highest BCUT2D eigenvalue weighted by atomic mass is 79.9. The maximum atomic E-state index is 13.4. The molecule has 0 radical (unpaired) electrons. The summed E-state index contributed by atoms with van der Waals surface area (Å²) in [5.41, 5.74) is -0.125. The second-order valence-corrected chi connectivity index (χ2v) is 8.81. The number of carbonyl (C=O) groups is 1. The molecule has 1 unspecified atom stereocenters. The van der Waals surface area contributed by atoms with E-state index in [4.69, 9.17) is 17.5 Å². The van der Waals surface area contributed by atoms with Gasteiger partial charge in [0.1, 0.15) is 11.8 Å². The standard InChI is InChI=1S/C19H10Br2F3N3O2S/c20-13-3-9-4-14-17(29)27(18(30)26(14)7-11(9)15(21)16(13)28)10-2-1-8(6-25)12(5-10)19(22,23)24/h1-3,5,14,28H,4,7H2. The van der Waals surface area contributed by atoms with E-state index < -0.39 is 29.3 Å². The molecule has 1 fully saturated rings. The molecule has 4 rings (SSSR count). The zero-order chi connectivity index (χ0) is 22.0. The van der Waals surface area contributed by atoms with E-state index in [2.05, 4.69) is 31.9 Å². The molecule has 30 heavy (non-hydrogen) atoms. The maximum absolute atomic E-state index is 13.4.